The topological polar surface area (TPSA) is 108 Å². The Balaban J connectivity index is 1.88. The molecule has 0 bridgehead atoms. The highest BCUT2D eigenvalue weighted by atomic mass is 32.2. The van der Waals surface area contributed by atoms with Crippen LogP contribution in [0.2, 0.25) is 0 Å². The molecule has 1 aromatic rings. The van der Waals surface area contributed by atoms with Crippen LogP contribution >= 0.6 is 0 Å². The summed E-state index contributed by atoms with van der Waals surface area (Å²) < 4.78 is 20.2. The van der Waals surface area contributed by atoms with Crippen molar-refractivity contribution < 1.29 is 18.6 Å². The predicted molar refractivity (Wildman–Crippen MR) is 95.6 cm³/mol. The lowest BCUT2D eigenvalue weighted by Gasteiger charge is -2.29. The van der Waals surface area contributed by atoms with Crippen LogP contribution in [0.1, 0.15) is 37.6 Å². The van der Waals surface area contributed by atoms with Crippen molar-refractivity contribution in [2.75, 3.05) is 12.4 Å². The van der Waals surface area contributed by atoms with Crippen molar-refractivity contribution >= 4 is 27.3 Å². The second-order valence-corrected chi connectivity index (χ2v) is 9.16. The molecule has 3 heterocycles. The maximum atomic E-state index is 13.2. The highest BCUT2D eigenvalue weighted by molar-refractivity contribution is 7.99. The van der Waals surface area contributed by atoms with E-state index in [1.165, 1.54) is 0 Å². The summed E-state index contributed by atoms with van der Waals surface area (Å²) in [7, 11) is -2.49. The Labute approximate surface area is 147 Å². The molecule has 4 atom stereocenters. The lowest BCUT2D eigenvalue weighted by Crippen LogP contribution is -2.47. The van der Waals surface area contributed by atoms with Crippen LogP contribution in [0.25, 0.3) is 0 Å². The van der Waals surface area contributed by atoms with Gasteiger partial charge in [-0.15, -0.1) is 0 Å². The zero-order chi connectivity index (χ0) is 18.4. The minimum Gasteiger partial charge on any atom is -0.391 e. The molecule has 138 valence electrons. The number of aliphatic imine (C=N–C) groups is 1. The monoisotopic (exact) mass is 368 g/mol. The molecule has 0 radical (unpaired) electrons. The first-order valence-corrected chi connectivity index (χ1v) is 10.2. The van der Waals surface area contributed by atoms with Gasteiger partial charge in [0.1, 0.15) is 23.4 Å². The standard InChI is InChI=1S/C16H24N4O4S/c1-9(2)14(13-5-10(3)18-24-13)16(22)20-7-11(21)6-12(20)15-17-8-25(4,23)19-15/h5,9,11-12,14,21H,4,6-8H2,1-3H3,(H,17,19,23)/t11-,12+,14+,25?/m1/s1. The minimum absolute atomic E-state index is 0.00575. The lowest BCUT2D eigenvalue weighted by atomic mass is 9.91. The van der Waals surface area contributed by atoms with Crippen molar-refractivity contribution in [3.05, 3.63) is 17.5 Å². The Morgan fingerprint density at radius 2 is 2.28 bits per heavy atom. The smallest absolute Gasteiger partial charge is 0.234 e. The molecule has 3 rings (SSSR count). The fourth-order valence-corrected chi connectivity index (χ4v) is 4.36. The van der Waals surface area contributed by atoms with Crippen molar-refractivity contribution in [1.82, 2.24) is 14.8 Å². The molecule has 1 fully saturated rings. The number of carbonyl (C=O) groups is 1. The van der Waals surface area contributed by atoms with E-state index in [0.29, 0.717) is 23.7 Å². The van der Waals surface area contributed by atoms with E-state index >= 15 is 0 Å². The summed E-state index contributed by atoms with van der Waals surface area (Å²) in [5, 5.41) is 14.0. The Bertz CT molecular complexity index is 799. The quantitative estimate of drug-likeness (QED) is 0.742. The molecule has 8 nitrogen and oxygen atoms in total. The average molecular weight is 368 g/mol. The van der Waals surface area contributed by atoms with Gasteiger partial charge in [0, 0.05) is 19.0 Å². The SMILES string of the molecule is C=S1(=O)CN=C([C@@H]2C[C@@H](O)CN2C(=O)[C@H](c2cc(C)no2)C(C)C)N1. The van der Waals surface area contributed by atoms with Crippen molar-refractivity contribution in [1.29, 1.82) is 0 Å². The van der Waals surface area contributed by atoms with Crippen LogP contribution in [0.5, 0.6) is 0 Å². The van der Waals surface area contributed by atoms with E-state index in [4.69, 9.17) is 4.52 Å². The lowest BCUT2D eigenvalue weighted by molar-refractivity contribution is -0.134. The third-order valence-corrected chi connectivity index (χ3v) is 5.62. The number of likely N-dealkylation sites (tertiary alicyclic amines) is 1. The van der Waals surface area contributed by atoms with Gasteiger partial charge in [0.05, 0.1) is 27.5 Å². The van der Waals surface area contributed by atoms with Crippen molar-refractivity contribution in [3.8, 4) is 0 Å². The number of aliphatic hydroxyl groups excluding tert-OH is 1. The van der Waals surface area contributed by atoms with Crippen LogP contribution in [0.15, 0.2) is 15.6 Å². The Hall–Kier alpha value is -1.87. The van der Waals surface area contributed by atoms with Gasteiger partial charge in [0.25, 0.3) is 0 Å². The van der Waals surface area contributed by atoms with Gasteiger partial charge in [0.15, 0.2) is 0 Å². The summed E-state index contributed by atoms with van der Waals surface area (Å²) in [5.41, 5.74) is 0.713. The van der Waals surface area contributed by atoms with E-state index in [1.54, 1.807) is 17.9 Å². The third kappa shape index (κ3) is 3.57. The highest BCUT2D eigenvalue weighted by Gasteiger charge is 2.43. The summed E-state index contributed by atoms with van der Waals surface area (Å²) in [5.74, 6) is 4.01. The Morgan fingerprint density at radius 3 is 2.80 bits per heavy atom. The predicted octanol–water partition coefficient (Wildman–Crippen LogP) is 0.275. The molecular formula is C16H24N4O4S. The first-order chi connectivity index (χ1) is 11.7. The molecular weight excluding hydrogens is 344 g/mol. The number of carbonyl (C=O) groups excluding carboxylic acids is 1. The summed E-state index contributed by atoms with van der Waals surface area (Å²) in [6.07, 6.45) is -0.294. The zero-order valence-corrected chi connectivity index (χ0v) is 15.5. The van der Waals surface area contributed by atoms with Crippen molar-refractivity contribution in [2.45, 2.75) is 45.3 Å². The number of amides is 1. The number of aromatic nitrogens is 1. The number of hydrogen-bond donors (Lipinski definition) is 2. The van der Waals surface area contributed by atoms with E-state index in [1.807, 2.05) is 13.8 Å². The van der Waals surface area contributed by atoms with Gasteiger partial charge in [0.2, 0.25) is 5.91 Å². The molecule has 0 spiro atoms. The van der Waals surface area contributed by atoms with E-state index < -0.39 is 27.8 Å². The second kappa shape index (κ2) is 6.45. The van der Waals surface area contributed by atoms with Crippen LogP contribution in [0.3, 0.4) is 0 Å². The van der Waals surface area contributed by atoms with Gasteiger partial charge in [-0.2, -0.15) is 0 Å². The highest BCUT2D eigenvalue weighted by Crippen LogP contribution is 2.31. The molecule has 0 saturated carbocycles. The fourth-order valence-electron chi connectivity index (χ4n) is 3.36. The van der Waals surface area contributed by atoms with Gasteiger partial charge < -0.3 is 14.5 Å². The summed E-state index contributed by atoms with van der Waals surface area (Å²) in [6, 6.07) is 1.33. The third-order valence-electron chi connectivity index (χ3n) is 4.50. The molecule has 1 unspecified atom stereocenters. The number of rotatable bonds is 4. The number of hydrogen-bond acceptors (Lipinski definition) is 6. The first kappa shape index (κ1) is 17.9. The van der Waals surface area contributed by atoms with Gasteiger partial charge in [-0.25, -0.2) is 4.21 Å². The van der Waals surface area contributed by atoms with Crippen LogP contribution in [0, 0.1) is 12.8 Å². The number of aliphatic hydroxyl groups is 1. The van der Waals surface area contributed by atoms with Gasteiger partial charge in [-0.05, 0) is 18.7 Å². The molecule has 2 aliphatic heterocycles. The second-order valence-electron chi connectivity index (χ2n) is 7.07. The molecule has 1 saturated heterocycles. The van der Waals surface area contributed by atoms with E-state index in [0.717, 1.165) is 0 Å². The van der Waals surface area contributed by atoms with Crippen LogP contribution in [-0.2, 0) is 14.5 Å². The minimum atomic E-state index is -2.49. The number of amidine groups is 1. The largest absolute Gasteiger partial charge is 0.391 e. The fraction of sp³-hybridized carbons (Fsp3) is 0.625. The number of nitrogens with zero attached hydrogens (tertiary/aromatic N) is 3. The first-order valence-electron chi connectivity index (χ1n) is 8.26. The maximum Gasteiger partial charge on any atom is 0.234 e. The summed E-state index contributed by atoms with van der Waals surface area (Å²) in [4.78, 5) is 19.1. The number of β-amino-alcohol motifs (C(OH)–C–C–N with tert-alkyl or cyclic N) is 1. The van der Waals surface area contributed by atoms with Crippen LogP contribution in [0.4, 0.5) is 0 Å². The Kier molecular flexibility index (Phi) is 4.63. The molecule has 1 aromatic heterocycles. The molecule has 25 heavy (non-hydrogen) atoms. The molecule has 1 amide bonds. The molecule has 2 aliphatic rings. The molecule has 2 N–H and O–H groups in total. The van der Waals surface area contributed by atoms with Gasteiger partial charge >= 0.3 is 0 Å². The average Bonchev–Trinajstić information content (AvgIpc) is 3.18. The van der Waals surface area contributed by atoms with Gasteiger partial charge in [-0.1, -0.05) is 19.0 Å². The van der Waals surface area contributed by atoms with E-state index in [2.05, 4.69) is 20.7 Å². The molecule has 0 aliphatic carbocycles. The zero-order valence-electron chi connectivity index (χ0n) is 14.6. The molecule has 0 aromatic carbocycles. The van der Waals surface area contributed by atoms with Crippen LogP contribution < -0.4 is 4.72 Å². The molecule has 9 heteroatoms. The summed E-state index contributed by atoms with van der Waals surface area (Å²) >= 11 is 0. The van der Waals surface area contributed by atoms with Crippen molar-refractivity contribution in [2.24, 2.45) is 10.9 Å². The number of aryl methyl sites for hydroxylation is 1. The normalized spacial score (nSPS) is 30.4. The number of nitrogens with one attached hydrogen (secondary N) is 1. The van der Waals surface area contributed by atoms with E-state index in [-0.39, 0.29) is 24.2 Å². The van der Waals surface area contributed by atoms with E-state index in [9.17, 15) is 14.1 Å². The van der Waals surface area contributed by atoms with Crippen LogP contribution in [-0.4, -0.2) is 61.6 Å². The van der Waals surface area contributed by atoms with Gasteiger partial charge in [-0.3, -0.25) is 14.5 Å². The maximum absolute atomic E-state index is 13.2. The summed E-state index contributed by atoms with van der Waals surface area (Å²) in [6.45, 7) is 5.89. The van der Waals surface area contributed by atoms with Crippen molar-refractivity contribution in [3.63, 3.8) is 0 Å². The Morgan fingerprint density at radius 1 is 1.56 bits per heavy atom.